The summed E-state index contributed by atoms with van der Waals surface area (Å²) in [6.07, 6.45) is 4.12. The van der Waals surface area contributed by atoms with Crippen LogP contribution in [0, 0.1) is 5.92 Å². The fourth-order valence-corrected chi connectivity index (χ4v) is 4.88. The number of aromatic nitrogens is 1. The monoisotopic (exact) mass is 428 g/mol. The highest BCUT2D eigenvalue weighted by atomic mass is 32.2. The maximum Gasteiger partial charge on any atom is 0.321 e. The molecule has 1 aromatic rings. The number of amides is 3. The number of imide groups is 1. The third-order valence-corrected chi connectivity index (χ3v) is 7.17. The zero-order valence-corrected chi connectivity index (χ0v) is 18.1. The van der Waals surface area contributed by atoms with Gasteiger partial charge in [-0.25, -0.2) is 18.2 Å². The minimum absolute atomic E-state index is 0.156. The number of nitrogens with zero attached hydrogens (tertiary/aromatic N) is 2. The molecule has 1 fully saturated rings. The van der Waals surface area contributed by atoms with Crippen molar-refractivity contribution in [2.45, 2.75) is 55.2 Å². The zero-order chi connectivity index (χ0) is 20.7. The first-order chi connectivity index (χ1) is 13.2. The van der Waals surface area contributed by atoms with Crippen LogP contribution < -0.4 is 10.6 Å². The minimum atomic E-state index is -3.52. The van der Waals surface area contributed by atoms with Crippen LogP contribution in [-0.2, 0) is 14.8 Å². The van der Waals surface area contributed by atoms with Gasteiger partial charge < -0.3 is 5.32 Å². The number of piperidine rings is 1. The average Bonchev–Trinajstić information content (AvgIpc) is 2.67. The van der Waals surface area contributed by atoms with Crippen molar-refractivity contribution < 1.29 is 18.0 Å². The molecule has 1 atom stereocenters. The van der Waals surface area contributed by atoms with Gasteiger partial charge in [-0.05, 0) is 37.8 Å². The van der Waals surface area contributed by atoms with Gasteiger partial charge in [0.2, 0.25) is 15.9 Å². The Hall–Kier alpha value is -1.65. The van der Waals surface area contributed by atoms with Gasteiger partial charge in [-0.3, -0.25) is 10.1 Å². The van der Waals surface area contributed by atoms with Crippen molar-refractivity contribution in [3.63, 3.8) is 0 Å². The lowest BCUT2D eigenvalue weighted by atomic mass is 10.2. The molecule has 2 rings (SSSR count). The largest absolute Gasteiger partial charge is 0.338 e. The first kappa shape index (κ1) is 22.6. The molecule has 3 amide bonds. The second kappa shape index (κ2) is 10.2. The van der Waals surface area contributed by atoms with E-state index in [0.717, 1.165) is 31.0 Å². The number of hydrogen-bond acceptors (Lipinski definition) is 6. The smallest absolute Gasteiger partial charge is 0.321 e. The van der Waals surface area contributed by atoms with Crippen LogP contribution in [0.1, 0.15) is 40.0 Å². The van der Waals surface area contributed by atoms with E-state index in [1.54, 1.807) is 13.0 Å². The van der Waals surface area contributed by atoms with E-state index in [1.807, 2.05) is 13.8 Å². The zero-order valence-electron chi connectivity index (χ0n) is 16.5. The Labute approximate surface area is 170 Å². The molecular weight excluding hydrogens is 400 g/mol. The molecular formula is C18H28N4O4S2. The third-order valence-electron chi connectivity index (χ3n) is 4.24. The molecule has 1 aliphatic rings. The quantitative estimate of drug-likeness (QED) is 0.645. The molecule has 156 valence electrons. The molecule has 1 saturated heterocycles. The van der Waals surface area contributed by atoms with Crippen LogP contribution in [0.5, 0.6) is 0 Å². The number of rotatable bonds is 7. The second-order valence-electron chi connectivity index (χ2n) is 7.15. The van der Waals surface area contributed by atoms with Gasteiger partial charge in [0.25, 0.3) is 0 Å². The molecule has 1 aromatic heterocycles. The van der Waals surface area contributed by atoms with Crippen molar-refractivity contribution in [1.29, 1.82) is 0 Å². The molecule has 0 bridgehead atoms. The average molecular weight is 429 g/mol. The predicted molar refractivity (Wildman–Crippen MR) is 109 cm³/mol. The number of urea groups is 1. The molecule has 10 heteroatoms. The van der Waals surface area contributed by atoms with Crippen LogP contribution in [0.25, 0.3) is 0 Å². The van der Waals surface area contributed by atoms with Crippen LogP contribution in [0.15, 0.2) is 28.3 Å². The summed E-state index contributed by atoms with van der Waals surface area (Å²) in [7, 11) is -3.52. The summed E-state index contributed by atoms with van der Waals surface area (Å²) in [5.41, 5.74) is 0. The normalized spacial score (nSPS) is 16.6. The van der Waals surface area contributed by atoms with Gasteiger partial charge in [0.05, 0.1) is 10.3 Å². The van der Waals surface area contributed by atoms with Crippen molar-refractivity contribution in [2.75, 3.05) is 19.6 Å². The van der Waals surface area contributed by atoms with E-state index in [-0.39, 0.29) is 10.8 Å². The highest BCUT2D eigenvalue weighted by molar-refractivity contribution is 8.00. The Kier molecular flexibility index (Phi) is 8.26. The number of pyridine rings is 1. The highest BCUT2D eigenvalue weighted by Crippen LogP contribution is 2.24. The van der Waals surface area contributed by atoms with Crippen LogP contribution in [0.3, 0.4) is 0 Å². The van der Waals surface area contributed by atoms with Crippen molar-refractivity contribution in [2.24, 2.45) is 5.92 Å². The summed E-state index contributed by atoms with van der Waals surface area (Å²) in [5, 5.41) is 4.88. The van der Waals surface area contributed by atoms with Gasteiger partial charge in [-0.15, -0.1) is 0 Å². The maximum atomic E-state index is 12.6. The van der Waals surface area contributed by atoms with Crippen LogP contribution in [0.2, 0.25) is 0 Å². The maximum absolute atomic E-state index is 12.6. The van der Waals surface area contributed by atoms with Crippen LogP contribution in [-0.4, -0.2) is 54.5 Å². The summed E-state index contributed by atoms with van der Waals surface area (Å²) in [4.78, 5) is 28.1. The van der Waals surface area contributed by atoms with Gasteiger partial charge >= 0.3 is 6.03 Å². The SMILES string of the molecule is CC(C)CNC(=O)NC(=O)C(C)Sc1ccc(S(=O)(=O)N2CCCCC2)cn1. The van der Waals surface area contributed by atoms with Crippen LogP contribution >= 0.6 is 11.8 Å². The molecule has 1 unspecified atom stereocenters. The number of carbonyl (C=O) groups excluding carboxylic acids is 2. The Bertz CT molecular complexity index is 775. The fourth-order valence-electron chi connectivity index (χ4n) is 2.63. The predicted octanol–water partition coefficient (Wildman–Crippen LogP) is 2.22. The highest BCUT2D eigenvalue weighted by Gasteiger charge is 2.26. The van der Waals surface area contributed by atoms with Gasteiger partial charge in [0.15, 0.2) is 0 Å². The van der Waals surface area contributed by atoms with Crippen molar-refractivity contribution >= 4 is 33.7 Å². The number of hydrogen-bond donors (Lipinski definition) is 2. The van der Waals surface area contributed by atoms with Gasteiger partial charge in [-0.2, -0.15) is 4.31 Å². The Morgan fingerprint density at radius 1 is 1.18 bits per heavy atom. The van der Waals surface area contributed by atoms with E-state index in [9.17, 15) is 18.0 Å². The first-order valence-electron chi connectivity index (χ1n) is 9.41. The summed E-state index contributed by atoms with van der Waals surface area (Å²) in [5.74, 6) is -0.144. The number of nitrogens with one attached hydrogen (secondary N) is 2. The van der Waals surface area contributed by atoms with Crippen molar-refractivity contribution in [3.05, 3.63) is 18.3 Å². The molecule has 0 aromatic carbocycles. The van der Waals surface area contributed by atoms with Crippen molar-refractivity contribution in [1.82, 2.24) is 19.9 Å². The molecule has 2 N–H and O–H groups in total. The van der Waals surface area contributed by atoms with Crippen molar-refractivity contribution in [3.8, 4) is 0 Å². The Morgan fingerprint density at radius 3 is 2.43 bits per heavy atom. The second-order valence-corrected chi connectivity index (χ2v) is 10.4. The van der Waals surface area contributed by atoms with E-state index in [0.29, 0.717) is 24.7 Å². The van der Waals surface area contributed by atoms with E-state index in [4.69, 9.17) is 0 Å². The van der Waals surface area contributed by atoms with Crippen LogP contribution in [0.4, 0.5) is 4.79 Å². The molecule has 0 saturated carbocycles. The van der Waals surface area contributed by atoms with Gasteiger partial charge in [0.1, 0.15) is 4.90 Å². The molecule has 0 aliphatic carbocycles. The molecule has 0 spiro atoms. The number of sulfonamides is 1. The van der Waals surface area contributed by atoms with Gasteiger partial charge in [-0.1, -0.05) is 32.0 Å². The lowest BCUT2D eigenvalue weighted by molar-refractivity contribution is -0.119. The minimum Gasteiger partial charge on any atom is -0.338 e. The first-order valence-corrected chi connectivity index (χ1v) is 11.7. The van der Waals surface area contributed by atoms with E-state index in [1.165, 1.54) is 16.6 Å². The Morgan fingerprint density at radius 2 is 1.86 bits per heavy atom. The summed E-state index contributed by atoms with van der Waals surface area (Å²) in [6.45, 7) is 7.14. The van der Waals surface area contributed by atoms with Gasteiger partial charge in [0, 0.05) is 25.8 Å². The lowest BCUT2D eigenvalue weighted by Crippen LogP contribution is -2.43. The van der Waals surface area contributed by atoms with E-state index < -0.39 is 27.2 Å². The topological polar surface area (TPSA) is 108 Å². The summed E-state index contributed by atoms with van der Waals surface area (Å²) in [6, 6.07) is 2.57. The molecule has 28 heavy (non-hydrogen) atoms. The van der Waals surface area contributed by atoms with E-state index >= 15 is 0 Å². The summed E-state index contributed by atoms with van der Waals surface area (Å²) < 4.78 is 26.8. The Balaban J connectivity index is 1.92. The molecule has 0 radical (unpaired) electrons. The number of thioether (sulfide) groups is 1. The molecule has 2 heterocycles. The fraction of sp³-hybridized carbons (Fsp3) is 0.611. The molecule has 8 nitrogen and oxygen atoms in total. The third kappa shape index (κ3) is 6.46. The standard InChI is InChI=1S/C18H28N4O4S2/c1-13(2)11-20-18(24)21-17(23)14(3)27-16-8-7-15(12-19-16)28(25,26)22-9-5-4-6-10-22/h7-8,12-14H,4-6,9-11H2,1-3H3,(H2,20,21,23,24). The lowest BCUT2D eigenvalue weighted by Gasteiger charge is -2.25. The van der Waals surface area contributed by atoms with E-state index in [2.05, 4.69) is 15.6 Å². The molecule has 1 aliphatic heterocycles. The number of carbonyl (C=O) groups is 2. The summed E-state index contributed by atoms with van der Waals surface area (Å²) >= 11 is 1.16.